The Morgan fingerprint density at radius 1 is 0.852 bits per heavy atom. The third kappa shape index (κ3) is 3.64. The highest BCUT2D eigenvalue weighted by Crippen LogP contribution is 2.25. The first kappa shape index (κ1) is 17.1. The molecule has 0 radical (unpaired) electrons. The molecule has 1 amide bonds. The lowest BCUT2D eigenvalue weighted by Gasteiger charge is -2.06. The molecule has 0 saturated heterocycles. The van der Waals surface area contributed by atoms with Gasteiger partial charge in [0.15, 0.2) is 5.78 Å². The van der Waals surface area contributed by atoms with Crippen molar-refractivity contribution in [3.05, 3.63) is 94.5 Å². The van der Waals surface area contributed by atoms with Crippen LogP contribution < -0.4 is 5.32 Å². The van der Waals surface area contributed by atoms with Crippen molar-refractivity contribution in [2.75, 3.05) is 5.32 Å². The van der Waals surface area contributed by atoms with E-state index in [0.29, 0.717) is 16.7 Å². The minimum atomic E-state index is -0.214. The van der Waals surface area contributed by atoms with E-state index in [9.17, 15) is 9.59 Å². The quantitative estimate of drug-likeness (QED) is 0.508. The summed E-state index contributed by atoms with van der Waals surface area (Å²) in [5, 5.41) is 3.89. The van der Waals surface area contributed by atoms with E-state index < -0.39 is 0 Å². The molecule has 4 nitrogen and oxygen atoms in total. The molecule has 4 aromatic rings. The predicted octanol–water partition coefficient (Wildman–Crippen LogP) is 5.09. The van der Waals surface area contributed by atoms with Crippen LogP contribution in [0.3, 0.4) is 0 Å². The molecule has 3 aromatic carbocycles. The van der Waals surface area contributed by atoms with E-state index in [1.54, 1.807) is 47.7 Å². The third-order valence-electron chi connectivity index (χ3n) is 4.20. The number of benzene rings is 3. The predicted molar refractivity (Wildman–Crippen MR) is 109 cm³/mol. The van der Waals surface area contributed by atoms with E-state index >= 15 is 0 Å². The number of fused-ring (bicyclic) bond motifs is 1. The highest BCUT2D eigenvalue weighted by molar-refractivity contribution is 7.18. The van der Waals surface area contributed by atoms with Gasteiger partial charge in [0.25, 0.3) is 5.91 Å². The molecule has 0 bridgehead atoms. The lowest BCUT2D eigenvalue weighted by Crippen LogP contribution is -2.12. The monoisotopic (exact) mass is 372 g/mol. The first-order valence-electron chi connectivity index (χ1n) is 8.48. The number of nitrogens with zero attached hydrogens (tertiary/aromatic N) is 1. The number of hydrogen-bond acceptors (Lipinski definition) is 4. The summed E-state index contributed by atoms with van der Waals surface area (Å²) in [6, 6.07) is 21.4. The van der Waals surface area contributed by atoms with Crippen molar-refractivity contribution in [1.29, 1.82) is 0 Å². The number of nitrogens with one attached hydrogen (secondary N) is 1. The Morgan fingerprint density at radius 3 is 2.26 bits per heavy atom. The van der Waals surface area contributed by atoms with Crippen molar-refractivity contribution in [3.8, 4) is 0 Å². The van der Waals surface area contributed by atoms with Gasteiger partial charge in [-0.2, -0.15) is 0 Å². The van der Waals surface area contributed by atoms with Crippen LogP contribution in [0, 0.1) is 6.92 Å². The maximum atomic E-state index is 12.5. The molecule has 0 unspecified atom stereocenters. The zero-order chi connectivity index (χ0) is 18.8. The van der Waals surface area contributed by atoms with Crippen LogP contribution in [0.1, 0.15) is 31.3 Å². The van der Waals surface area contributed by atoms with Gasteiger partial charge in [-0.1, -0.05) is 42.5 Å². The molecule has 27 heavy (non-hydrogen) atoms. The van der Waals surface area contributed by atoms with Crippen LogP contribution in [0.2, 0.25) is 0 Å². The molecular weight excluding hydrogens is 356 g/mol. The van der Waals surface area contributed by atoms with Crippen LogP contribution in [0.4, 0.5) is 5.69 Å². The van der Waals surface area contributed by atoms with Gasteiger partial charge in [0.1, 0.15) is 0 Å². The van der Waals surface area contributed by atoms with Gasteiger partial charge < -0.3 is 5.32 Å². The Labute approximate surface area is 160 Å². The van der Waals surface area contributed by atoms with Crippen molar-refractivity contribution < 1.29 is 9.59 Å². The fraction of sp³-hybridized carbons (Fsp3) is 0.0455. The lowest BCUT2D eigenvalue weighted by atomic mass is 10.0. The summed E-state index contributed by atoms with van der Waals surface area (Å²) in [5.74, 6) is -0.275. The molecule has 1 heterocycles. The number of carbonyl (C=O) groups is 2. The number of ketones is 1. The van der Waals surface area contributed by atoms with Crippen molar-refractivity contribution in [3.63, 3.8) is 0 Å². The van der Waals surface area contributed by atoms with E-state index in [-0.39, 0.29) is 11.7 Å². The summed E-state index contributed by atoms with van der Waals surface area (Å²) in [5.41, 5.74) is 3.34. The van der Waals surface area contributed by atoms with E-state index in [4.69, 9.17) is 0 Å². The van der Waals surface area contributed by atoms with Crippen LogP contribution in [-0.2, 0) is 0 Å². The van der Waals surface area contributed by atoms with E-state index in [0.717, 1.165) is 20.9 Å². The molecule has 0 aliphatic rings. The smallest absolute Gasteiger partial charge is 0.255 e. The number of amides is 1. The summed E-state index contributed by atoms with van der Waals surface area (Å²) in [7, 11) is 0. The standard InChI is InChI=1S/C22H16N2O2S/c1-14-23-19-12-11-18(13-20(19)27-14)24-22(26)17-9-7-16(8-10-17)21(25)15-5-3-2-4-6-15/h2-13H,1H3,(H,24,26). The van der Waals surface area contributed by atoms with Gasteiger partial charge in [-0.25, -0.2) is 4.98 Å². The third-order valence-corrected chi connectivity index (χ3v) is 5.13. The molecule has 0 spiro atoms. The molecule has 0 aliphatic heterocycles. The maximum absolute atomic E-state index is 12.5. The summed E-state index contributed by atoms with van der Waals surface area (Å²) in [4.78, 5) is 29.4. The van der Waals surface area contributed by atoms with Crippen molar-refractivity contribution in [2.24, 2.45) is 0 Å². The minimum absolute atomic E-state index is 0.0615. The van der Waals surface area contributed by atoms with Gasteiger partial charge in [-0.15, -0.1) is 11.3 Å². The number of hydrogen-bond donors (Lipinski definition) is 1. The average Bonchev–Trinajstić information content (AvgIpc) is 3.07. The van der Waals surface area contributed by atoms with Gasteiger partial charge in [0, 0.05) is 22.4 Å². The number of carbonyl (C=O) groups excluding carboxylic acids is 2. The first-order valence-corrected chi connectivity index (χ1v) is 9.30. The van der Waals surface area contributed by atoms with Gasteiger partial charge in [-0.3, -0.25) is 9.59 Å². The van der Waals surface area contributed by atoms with Crippen LogP contribution in [0.5, 0.6) is 0 Å². The number of anilines is 1. The SMILES string of the molecule is Cc1nc2ccc(NC(=O)c3ccc(C(=O)c4ccccc4)cc3)cc2s1. The van der Waals surface area contributed by atoms with Gasteiger partial charge in [0.2, 0.25) is 0 Å². The molecule has 0 atom stereocenters. The molecule has 5 heteroatoms. The molecule has 0 aliphatic carbocycles. The molecule has 1 N–H and O–H groups in total. The molecule has 132 valence electrons. The maximum Gasteiger partial charge on any atom is 0.255 e. The van der Waals surface area contributed by atoms with Crippen LogP contribution >= 0.6 is 11.3 Å². The van der Waals surface area contributed by atoms with Crippen LogP contribution in [0.25, 0.3) is 10.2 Å². The van der Waals surface area contributed by atoms with Crippen LogP contribution in [0.15, 0.2) is 72.8 Å². The first-order chi connectivity index (χ1) is 13.1. The molecular formula is C22H16N2O2S. The number of thiazole rings is 1. The van der Waals surface area contributed by atoms with E-state index in [2.05, 4.69) is 10.3 Å². The molecule has 0 saturated carbocycles. The van der Waals surface area contributed by atoms with Gasteiger partial charge in [0.05, 0.1) is 15.2 Å². The summed E-state index contributed by atoms with van der Waals surface area (Å²) in [6.45, 7) is 1.96. The Morgan fingerprint density at radius 2 is 1.52 bits per heavy atom. The van der Waals surface area contributed by atoms with E-state index in [1.807, 2.05) is 43.3 Å². The van der Waals surface area contributed by atoms with Crippen LogP contribution in [-0.4, -0.2) is 16.7 Å². The second-order valence-electron chi connectivity index (χ2n) is 6.14. The number of aryl methyl sites for hydroxylation is 1. The van der Waals surface area contributed by atoms with Crippen molar-refractivity contribution >= 4 is 38.9 Å². The summed E-state index contributed by atoms with van der Waals surface area (Å²) < 4.78 is 1.04. The second-order valence-corrected chi connectivity index (χ2v) is 7.38. The van der Waals surface area contributed by atoms with Crippen molar-refractivity contribution in [2.45, 2.75) is 6.92 Å². The number of aromatic nitrogens is 1. The fourth-order valence-corrected chi connectivity index (χ4v) is 3.72. The second kappa shape index (κ2) is 7.13. The zero-order valence-electron chi connectivity index (χ0n) is 14.6. The summed E-state index contributed by atoms with van der Waals surface area (Å²) >= 11 is 1.59. The molecule has 1 aromatic heterocycles. The van der Waals surface area contributed by atoms with Gasteiger partial charge in [-0.05, 0) is 37.3 Å². The highest BCUT2D eigenvalue weighted by atomic mass is 32.1. The fourth-order valence-electron chi connectivity index (χ4n) is 2.85. The largest absolute Gasteiger partial charge is 0.322 e. The van der Waals surface area contributed by atoms with Crippen molar-refractivity contribution in [1.82, 2.24) is 4.98 Å². The van der Waals surface area contributed by atoms with Gasteiger partial charge >= 0.3 is 0 Å². The Hall–Kier alpha value is -3.31. The molecule has 4 rings (SSSR count). The Kier molecular flexibility index (Phi) is 4.52. The normalized spacial score (nSPS) is 10.7. The number of rotatable bonds is 4. The molecule has 0 fully saturated rings. The lowest BCUT2D eigenvalue weighted by molar-refractivity contribution is 0.102. The summed E-state index contributed by atoms with van der Waals surface area (Å²) in [6.07, 6.45) is 0. The highest BCUT2D eigenvalue weighted by Gasteiger charge is 2.11. The minimum Gasteiger partial charge on any atom is -0.322 e. The Balaban J connectivity index is 1.51. The Bertz CT molecular complexity index is 1130. The average molecular weight is 372 g/mol. The topological polar surface area (TPSA) is 59.1 Å². The zero-order valence-corrected chi connectivity index (χ0v) is 15.4. The van der Waals surface area contributed by atoms with E-state index in [1.165, 1.54) is 0 Å².